The van der Waals surface area contributed by atoms with Gasteiger partial charge in [0.25, 0.3) is 11.5 Å². The van der Waals surface area contributed by atoms with Gasteiger partial charge in [0.1, 0.15) is 11.3 Å². The van der Waals surface area contributed by atoms with Gasteiger partial charge in [-0.2, -0.15) is 0 Å². The summed E-state index contributed by atoms with van der Waals surface area (Å²) in [6.07, 6.45) is 0. The minimum Gasteiger partial charge on any atom is -0.320 e. The lowest BCUT2D eigenvalue weighted by atomic mass is 10.2. The highest BCUT2D eigenvalue weighted by atomic mass is 16.2. The molecule has 0 aliphatic carbocycles. The van der Waals surface area contributed by atoms with E-state index < -0.39 is 17.2 Å². The number of nitrogens with zero attached hydrogens (tertiary/aromatic N) is 3. The van der Waals surface area contributed by atoms with Crippen LogP contribution in [0.15, 0.2) is 46.0 Å². The van der Waals surface area contributed by atoms with E-state index in [1.54, 1.807) is 6.07 Å². The molecule has 0 aliphatic rings. The Kier molecular flexibility index (Phi) is 3.76. The second-order valence-corrected chi connectivity index (χ2v) is 5.54. The van der Waals surface area contributed by atoms with Crippen molar-refractivity contribution in [2.45, 2.75) is 6.92 Å². The predicted octanol–water partition coefficient (Wildman–Crippen LogP) is 1.19. The molecule has 0 radical (unpaired) electrons. The lowest BCUT2D eigenvalue weighted by Gasteiger charge is -2.10. The number of hydrogen-bond acceptors (Lipinski definition) is 4. The summed E-state index contributed by atoms with van der Waals surface area (Å²) in [5.74, 6) is -0.403. The van der Waals surface area contributed by atoms with Crippen molar-refractivity contribution in [2.75, 3.05) is 5.32 Å². The summed E-state index contributed by atoms with van der Waals surface area (Å²) in [6.45, 7) is 1.89. The van der Waals surface area contributed by atoms with Gasteiger partial charge in [-0.1, -0.05) is 18.2 Å². The van der Waals surface area contributed by atoms with Crippen molar-refractivity contribution >= 4 is 22.6 Å². The van der Waals surface area contributed by atoms with Crippen LogP contribution in [0.1, 0.15) is 16.1 Å². The van der Waals surface area contributed by atoms with Gasteiger partial charge in [-0.15, -0.1) is 0 Å². The highest BCUT2D eigenvalue weighted by Gasteiger charge is 2.14. The fourth-order valence-electron chi connectivity index (χ4n) is 2.48. The van der Waals surface area contributed by atoms with E-state index in [-0.39, 0.29) is 16.7 Å². The minimum absolute atomic E-state index is 0.133. The molecule has 2 aromatic heterocycles. The number of amides is 1. The van der Waals surface area contributed by atoms with E-state index in [4.69, 9.17) is 0 Å². The summed E-state index contributed by atoms with van der Waals surface area (Å²) in [6, 6.07) is 10.4. The second-order valence-electron chi connectivity index (χ2n) is 5.54. The van der Waals surface area contributed by atoms with Crippen molar-refractivity contribution in [1.82, 2.24) is 14.1 Å². The molecule has 1 N–H and O–H groups in total. The first-order valence-electron chi connectivity index (χ1n) is 7.34. The van der Waals surface area contributed by atoms with Crippen LogP contribution in [0, 0.1) is 6.92 Å². The Morgan fingerprint density at radius 2 is 1.75 bits per heavy atom. The second kappa shape index (κ2) is 5.77. The number of para-hydroxylation sites is 1. The zero-order chi connectivity index (χ0) is 17.4. The summed E-state index contributed by atoms with van der Waals surface area (Å²) < 4.78 is 2.26. The van der Waals surface area contributed by atoms with Gasteiger partial charge in [-0.25, -0.2) is 9.78 Å². The van der Waals surface area contributed by atoms with Crippen LogP contribution in [-0.2, 0) is 14.1 Å². The average molecular weight is 324 g/mol. The minimum atomic E-state index is -0.489. The molecule has 122 valence electrons. The van der Waals surface area contributed by atoms with Crippen molar-refractivity contribution < 1.29 is 4.79 Å². The number of hydrogen-bond donors (Lipinski definition) is 1. The van der Waals surface area contributed by atoms with E-state index in [1.165, 1.54) is 30.8 Å². The number of nitrogens with one attached hydrogen (secondary N) is 1. The van der Waals surface area contributed by atoms with Crippen LogP contribution in [-0.4, -0.2) is 20.0 Å². The number of carbonyl (C=O) groups excluding carboxylic acids is 1. The lowest BCUT2D eigenvalue weighted by molar-refractivity contribution is 0.102. The Balaban J connectivity index is 2.08. The number of benzene rings is 1. The van der Waals surface area contributed by atoms with Crippen LogP contribution in [0.3, 0.4) is 0 Å². The van der Waals surface area contributed by atoms with Gasteiger partial charge in [-0.05, 0) is 30.7 Å². The Morgan fingerprint density at radius 1 is 1.04 bits per heavy atom. The molecule has 3 aromatic rings. The third-order valence-electron chi connectivity index (χ3n) is 3.93. The van der Waals surface area contributed by atoms with Gasteiger partial charge < -0.3 is 5.32 Å². The largest absolute Gasteiger partial charge is 0.332 e. The van der Waals surface area contributed by atoms with E-state index in [0.717, 1.165) is 10.1 Å². The fraction of sp³-hybridized carbons (Fsp3) is 0.176. The number of anilines is 1. The van der Waals surface area contributed by atoms with Crippen LogP contribution < -0.4 is 16.6 Å². The maximum absolute atomic E-state index is 12.4. The van der Waals surface area contributed by atoms with Gasteiger partial charge in [0.15, 0.2) is 0 Å². The number of rotatable bonds is 2. The molecule has 0 unspecified atom stereocenters. The summed E-state index contributed by atoms with van der Waals surface area (Å²) in [4.78, 5) is 40.7. The molecule has 0 bridgehead atoms. The first-order valence-corrected chi connectivity index (χ1v) is 7.34. The molecule has 0 saturated carbocycles. The third-order valence-corrected chi connectivity index (χ3v) is 3.93. The quantitative estimate of drug-likeness (QED) is 0.767. The van der Waals surface area contributed by atoms with Gasteiger partial charge in [0.05, 0.1) is 5.39 Å². The first-order chi connectivity index (χ1) is 11.4. The van der Waals surface area contributed by atoms with Crippen LogP contribution >= 0.6 is 0 Å². The van der Waals surface area contributed by atoms with E-state index in [9.17, 15) is 14.4 Å². The molecule has 2 heterocycles. The van der Waals surface area contributed by atoms with Crippen molar-refractivity contribution in [1.29, 1.82) is 0 Å². The number of carbonyl (C=O) groups is 1. The molecule has 0 aliphatic heterocycles. The molecule has 0 fully saturated rings. The maximum Gasteiger partial charge on any atom is 0.332 e. The van der Waals surface area contributed by atoms with E-state index in [1.807, 2.05) is 25.1 Å². The molecular weight excluding hydrogens is 308 g/mol. The van der Waals surface area contributed by atoms with E-state index in [0.29, 0.717) is 5.69 Å². The molecule has 24 heavy (non-hydrogen) atoms. The summed E-state index contributed by atoms with van der Waals surface area (Å²) in [5, 5.41) is 3.06. The Labute approximate surface area is 137 Å². The Bertz CT molecular complexity index is 1080. The summed E-state index contributed by atoms with van der Waals surface area (Å²) >= 11 is 0. The molecule has 3 rings (SSSR count). The average Bonchev–Trinajstić information content (AvgIpc) is 2.59. The highest BCUT2D eigenvalue weighted by Crippen LogP contribution is 2.15. The molecule has 0 saturated heterocycles. The molecule has 7 heteroatoms. The smallest absolute Gasteiger partial charge is 0.320 e. The van der Waals surface area contributed by atoms with Crippen molar-refractivity contribution in [3.63, 3.8) is 0 Å². The first kappa shape index (κ1) is 15.7. The third kappa shape index (κ3) is 2.50. The van der Waals surface area contributed by atoms with Gasteiger partial charge in [0, 0.05) is 19.8 Å². The summed E-state index contributed by atoms with van der Waals surface area (Å²) in [5.41, 5.74) is 0.993. The fourth-order valence-corrected chi connectivity index (χ4v) is 2.48. The van der Waals surface area contributed by atoms with Crippen LogP contribution in [0.5, 0.6) is 0 Å². The monoisotopic (exact) mass is 324 g/mol. The zero-order valence-electron chi connectivity index (χ0n) is 13.5. The molecule has 0 spiro atoms. The SMILES string of the molecule is Cc1ccccc1NC(=O)c1ccc2c(=O)n(C)c(=O)n(C)c2n1. The van der Waals surface area contributed by atoms with E-state index >= 15 is 0 Å². The molecule has 1 amide bonds. The lowest BCUT2D eigenvalue weighted by Crippen LogP contribution is -2.37. The van der Waals surface area contributed by atoms with Gasteiger partial charge >= 0.3 is 5.69 Å². The summed E-state index contributed by atoms with van der Waals surface area (Å²) in [7, 11) is 2.92. The van der Waals surface area contributed by atoms with Crippen LogP contribution in [0.25, 0.3) is 11.0 Å². The van der Waals surface area contributed by atoms with Gasteiger partial charge in [-0.3, -0.25) is 18.7 Å². The topological polar surface area (TPSA) is 86.0 Å². The Hall–Kier alpha value is -3.22. The van der Waals surface area contributed by atoms with Crippen LogP contribution in [0.4, 0.5) is 5.69 Å². The molecule has 7 nitrogen and oxygen atoms in total. The van der Waals surface area contributed by atoms with E-state index in [2.05, 4.69) is 10.3 Å². The number of fused-ring (bicyclic) bond motifs is 1. The van der Waals surface area contributed by atoms with Gasteiger partial charge in [0.2, 0.25) is 0 Å². The molecule has 0 atom stereocenters. The molecular formula is C17H16N4O3. The van der Waals surface area contributed by atoms with Crippen molar-refractivity contribution in [3.05, 3.63) is 68.5 Å². The number of aryl methyl sites for hydroxylation is 2. The predicted molar refractivity (Wildman–Crippen MR) is 91.4 cm³/mol. The normalized spacial score (nSPS) is 10.8. The van der Waals surface area contributed by atoms with Crippen molar-refractivity contribution in [2.24, 2.45) is 14.1 Å². The number of pyridine rings is 1. The standard InChI is InChI=1S/C17H16N4O3/c1-10-6-4-5-7-12(10)19-15(22)13-9-8-11-14(18-13)20(2)17(24)21(3)16(11)23/h4-9H,1-3H3,(H,19,22). The molecule has 1 aromatic carbocycles. The zero-order valence-corrected chi connectivity index (χ0v) is 13.5. The Morgan fingerprint density at radius 3 is 2.46 bits per heavy atom. The van der Waals surface area contributed by atoms with Crippen LogP contribution in [0.2, 0.25) is 0 Å². The highest BCUT2D eigenvalue weighted by molar-refractivity contribution is 6.04. The maximum atomic E-state index is 12.4. The number of aromatic nitrogens is 3. The van der Waals surface area contributed by atoms with Crippen molar-refractivity contribution in [3.8, 4) is 0 Å².